The summed E-state index contributed by atoms with van der Waals surface area (Å²) in [5.74, 6) is 1.73. The van der Waals surface area contributed by atoms with Crippen molar-refractivity contribution in [3.05, 3.63) is 41.9 Å². The van der Waals surface area contributed by atoms with Gasteiger partial charge in [-0.1, -0.05) is 17.3 Å². The zero-order valence-corrected chi connectivity index (χ0v) is 21.2. The maximum atomic E-state index is 13.1. The molecule has 37 heavy (non-hydrogen) atoms. The van der Waals surface area contributed by atoms with Crippen LogP contribution in [0.1, 0.15) is 54.8 Å². The number of aromatic nitrogens is 1. The Balaban J connectivity index is 1.08. The average molecular weight is 509 g/mol. The Morgan fingerprint density at radius 3 is 2.54 bits per heavy atom. The van der Waals surface area contributed by atoms with Crippen LogP contribution in [0.4, 0.5) is 5.82 Å². The number of carbonyl (C=O) groups is 3. The van der Waals surface area contributed by atoms with Crippen LogP contribution in [-0.2, 0) is 9.59 Å². The second-order valence-electron chi connectivity index (χ2n) is 10.1. The molecule has 10 nitrogen and oxygen atoms in total. The maximum absolute atomic E-state index is 13.1. The number of methoxy groups -OCH3 is 1. The highest BCUT2D eigenvalue weighted by Crippen LogP contribution is 2.41. The second kappa shape index (κ2) is 10.3. The highest BCUT2D eigenvalue weighted by atomic mass is 16.5. The van der Waals surface area contributed by atoms with Gasteiger partial charge >= 0.3 is 0 Å². The van der Waals surface area contributed by atoms with Gasteiger partial charge in [0.1, 0.15) is 5.76 Å². The molecule has 2 saturated heterocycles. The van der Waals surface area contributed by atoms with E-state index in [2.05, 4.69) is 10.5 Å². The first kappa shape index (κ1) is 24.9. The Morgan fingerprint density at radius 2 is 1.84 bits per heavy atom. The molecule has 2 fully saturated rings. The van der Waals surface area contributed by atoms with E-state index < -0.39 is 0 Å². The van der Waals surface area contributed by atoms with E-state index >= 15 is 0 Å². The van der Waals surface area contributed by atoms with Gasteiger partial charge in [-0.15, -0.1) is 0 Å². The SMILES string of the molecule is COc1cccc2cc(C(=O)N3CCC4(CCN(C(=O)CCCC(=O)Nc5cc(C)on5)C4)CC3)oc12. The van der Waals surface area contributed by atoms with E-state index in [-0.39, 0.29) is 29.6 Å². The summed E-state index contributed by atoms with van der Waals surface area (Å²) >= 11 is 0. The minimum Gasteiger partial charge on any atom is -0.493 e. The van der Waals surface area contributed by atoms with Gasteiger partial charge in [-0.2, -0.15) is 0 Å². The molecule has 3 aromatic rings. The van der Waals surface area contributed by atoms with Crippen LogP contribution in [0.25, 0.3) is 11.0 Å². The molecule has 0 radical (unpaired) electrons. The monoisotopic (exact) mass is 508 g/mol. The zero-order chi connectivity index (χ0) is 26.0. The summed E-state index contributed by atoms with van der Waals surface area (Å²) in [7, 11) is 1.58. The Kier molecular flexibility index (Phi) is 6.90. The summed E-state index contributed by atoms with van der Waals surface area (Å²) in [6, 6.07) is 9.01. The van der Waals surface area contributed by atoms with Crippen LogP contribution in [0.5, 0.6) is 5.75 Å². The molecule has 0 saturated carbocycles. The lowest BCUT2D eigenvalue weighted by molar-refractivity contribution is -0.130. The largest absolute Gasteiger partial charge is 0.493 e. The number of fused-ring (bicyclic) bond motifs is 1. The fourth-order valence-electron chi connectivity index (χ4n) is 5.39. The number of para-hydroxylation sites is 1. The number of nitrogens with zero attached hydrogens (tertiary/aromatic N) is 3. The van der Waals surface area contributed by atoms with Crippen LogP contribution in [0, 0.1) is 12.3 Å². The number of ether oxygens (including phenoxy) is 1. The number of nitrogens with one attached hydrogen (secondary N) is 1. The van der Waals surface area contributed by atoms with Crippen LogP contribution in [0.3, 0.4) is 0 Å². The highest BCUT2D eigenvalue weighted by molar-refractivity contribution is 5.97. The first-order chi connectivity index (χ1) is 17.9. The molecule has 0 aliphatic carbocycles. The normalized spacial score (nSPS) is 16.9. The van der Waals surface area contributed by atoms with Gasteiger partial charge < -0.3 is 28.8 Å². The van der Waals surface area contributed by atoms with E-state index in [1.807, 2.05) is 28.0 Å². The third-order valence-electron chi connectivity index (χ3n) is 7.53. The molecule has 5 rings (SSSR count). The van der Waals surface area contributed by atoms with E-state index in [9.17, 15) is 14.4 Å². The number of hydrogen-bond acceptors (Lipinski definition) is 7. The Morgan fingerprint density at radius 1 is 1.08 bits per heavy atom. The van der Waals surface area contributed by atoms with E-state index in [1.165, 1.54) is 0 Å². The summed E-state index contributed by atoms with van der Waals surface area (Å²) in [4.78, 5) is 41.7. The Hall–Kier alpha value is -3.82. The number of benzene rings is 1. The van der Waals surface area contributed by atoms with Crippen LogP contribution in [-0.4, -0.2) is 66.0 Å². The molecular weight excluding hydrogens is 476 g/mol. The van der Waals surface area contributed by atoms with Gasteiger partial charge in [-0.25, -0.2) is 0 Å². The average Bonchev–Trinajstić information content (AvgIpc) is 3.62. The lowest BCUT2D eigenvalue weighted by atomic mass is 9.77. The summed E-state index contributed by atoms with van der Waals surface area (Å²) in [5, 5.41) is 7.26. The number of carbonyl (C=O) groups excluding carboxylic acids is 3. The number of anilines is 1. The van der Waals surface area contributed by atoms with Gasteiger partial charge in [0.25, 0.3) is 5.91 Å². The van der Waals surface area contributed by atoms with Crippen molar-refractivity contribution in [2.24, 2.45) is 5.41 Å². The first-order valence-electron chi connectivity index (χ1n) is 12.7. The van der Waals surface area contributed by atoms with Crippen LogP contribution in [0.15, 0.2) is 39.3 Å². The molecule has 0 bridgehead atoms. The third kappa shape index (κ3) is 5.33. The molecule has 1 aromatic carbocycles. The standard InChI is InChI=1S/C27H32N4O6/c1-18-15-22(29-37-18)28-23(32)7-4-8-24(33)31-14-11-27(17-31)9-12-30(13-10-27)26(34)21-16-19-5-3-6-20(35-2)25(19)36-21/h3,5-6,15-16H,4,7-14,17H2,1-2H3,(H,28,29,32). The summed E-state index contributed by atoms with van der Waals surface area (Å²) < 4.78 is 16.1. The third-order valence-corrected chi connectivity index (χ3v) is 7.53. The first-order valence-corrected chi connectivity index (χ1v) is 12.7. The van der Waals surface area contributed by atoms with Crippen molar-refractivity contribution in [1.29, 1.82) is 0 Å². The number of likely N-dealkylation sites (tertiary alicyclic amines) is 2. The number of aryl methyl sites for hydroxylation is 1. The van der Waals surface area contributed by atoms with E-state index in [4.69, 9.17) is 13.7 Å². The topological polar surface area (TPSA) is 118 Å². The molecule has 1 N–H and O–H groups in total. The molecule has 0 unspecified atom stereocenters. The number of furan rings is 1. The van der Waals surface area contributed by atoms with Crippen molar-refractivity contribution in [2.75, 3.05) is 38.6 Å². The minimum absolute atomic E-state index is 0.0473. The van der Waals surface area contributed by atoms with Gasteiger partial charge in [0.05, 0.1) is 7.11 Å². The molecule has 2 aliphatic rings. The molecule has 1 spiro atoms. The van der Waals surface area contributed by atoms with Crippen LogP contribution in [0.2, 0.25) is 0 Å². The number of rotatable bonds is 7. The second-order valence-corrected chi connectivity index (χ2v) is 10.1. The number of hydrogen-bond donors (Lipinski definition) is 1. The van der Waals surface area contributed by atoms with Crippen molar-refractivity contribution in [3.8, 4) is 5.75 Å². The van der Waals surface area contributed by atoms with Gasteiger partial charge in [-0.3, -0.25) is 14.4 Å². The predicted octanol–water partition coefficient (Wildman–Crippen LogP) is 4.00. The molecule has 10 heteroatoms. The van der Waals surface area contributed by atoms with Gasteiger partial charge in [0.2, 0.25) is 11.8 Å². The quantitative estimate of drug-likeness (QED) is 0.512. The molecule has 3 amide bonds. The Bertz CT molecular complexity index is 1300. The van der Waals surface area contributed by atoms with E-state index in [0.717, 1.165) is 31.2 Å². The molecule has 2 aromatic heterocycles. The van der Waals surface area contributed by atoms with E-state index in [0.29, 0.717) is 61.1 Å². The van der Waals surface area contributed by atoms with Crippen LogP contribution >= 0.6 is 0 Å². The minimum atomic E-state index is -0.182. The van der Waals surface area contributed by atoms with Gasteiger partial charge in [0.15, 0.2) is 22.9 Å². The van der Waals surface area contributed by atoms with Gasteiger partial charge in [0, 0.05) is 50.5 Å². The molecule has 196 valence electrons. The highest BCUT2D eigenvalue weighted by Gasteiger charge is 2.43. The molecule has 2 aliphatic heterocycles. The molecule has 0 atom stereocenters. The van der Waals surface area contributed by atoms with Crippen molar-refractivity contribution in [2.45, 2.75) is 45.4 Å². The van der Waals surface area contributed by atoms with Crippen molar-refractivity contribution < 1.29 is 28.1 Å². The summed E-state index contributed by atoms with van der Waals surface area (Å²) in [6.07, 6.45) is 3.71. The molecular formula is C27H32N4O6. The van der Waals surface area contributed by atoms with Gasteiger partial charge in [-0.05, 0) is 50.2 Å². The lowest BCUT2D eigenvalue weighted by Gasteiger charge is -2.39. The van der Waals surface area contributed by atoms with E-state index in [1.54, 1.807) is 26.2 Å². The van der Waals surface area contributed by atoms with Crippen molar-refractivity contribution in [3.63, 3.8) is 0 Å². The van der Waals surface area contributed by atoms with Crippen LogP contribution < -0.4 is 10.1 Å². The number of amides is 3. The molecule has 4 heterocycles. The zero-order valence-electron chi connectivity index (χ0n) is 21.2. The summed E-state index contributed by atoms with van der Waals surface area (Å²) in [6.45, 7) is 4.46. The van der Waals surface area contributed by atoms with Crippen molar-refractivity contribution in [1.82, 2.24) is 15.0 Å². The summed E-state index contributed by atoms with van der Waals surface area (Å²) in [5.41, 5.74) is 0.628. The lowest BCUT2D eigenvalue weighted by Crippen LogP contribution is -2.44. The smallest absolute Gasteiger partial charge is 0.289 e. The van der Waals surface area contributed by atoms with Crippen molar-refractivity contribution >= 4 is 34.5 Å². The Labute approximate surface area is 214 Å². The fourth-order valence-corrected chi connectivity index (χ4v) is 5.39. The predicted molar refractivity (Wildman–Crippen MR) is 135 cm³/mol. The fraction of sp³-hybridized carbons (Fsp3) is 0.481. The number of piperidine rings is 1. The maximum Gasteiger partial charge on any atom is 0.289 e.